The number of guanidine groups is 1. The van der Waals surface area contributed by atoms with Gasteiger partial charge in [-0.1, -0.05) is 20.3 Å². The normalized spacial score (nSPS) is 14.3. The van der Waals surface area contributed by atoms with Crippen LogP contribution in [0.4, 0.5) is 0 Å². The number of carbonyl (C=O) groups is 4. The van der Waals surface area contributed by atoms with Crippen LogP contribution in [0.3, 0.4) is 0 Å². The molecule has 12 N–H and O–H groups in total. The van der Waals surface area contributed by atoms with Gasteiger partial charge in [-0.05, 0) is 44.6 Å². The van der Waals surface area contributed by atoms with Crippen LogP contribution in [0.2, 0.25) is 0 Å². The molecule has 13 nitrogen and oxygen atoms in total. The van der Waals surface area contributed by atoms with Gasteiger partial charge in [-0.25, -0.2) is 4.79 Å². The molecule has 0 radical (unpaired) electrons. The predicted molar refractivity (Wildman–Crippen MR) is 125 cm³/mol. The van der Waals surface area contributed by atoms with E-state index in [9.17, 15) is 24.3 Å². The second kappa shape index (κ2) is 16.7. The number of hydrogen-bond acceptors (Lipinski definition) is 7. The van der Waals surface area contributed by atoms with Gasteiger partial charge in [-0.15, -0.1) is 0 Å². The van der Waals surface area contributed by atoms with E-state index in [1.54, 1.807) is 0 Å². The van der Waals surface area contributed by atoms with Gasteiger partial charge in [0.1, 0.15) is 12.1 Å². The molecule has 0 fully saturated rings. The lowest BCUT2D eigenvalue weighted by Crippen LogP contribution is -2.54. The van der Waals surface area contributed by atoms with E-state index in [4.69, 9.17) is 22.9 Å². The number of carboxylic acid groups (broad SMARTS) is 1. The first kappa shape index (κ1) is 30.1. The van der Waals surface area contributed by atoms with Crippen LogP contribution in [0.15, 0.2) is 4.99 Å². The predicted octanol–water partition coefficient (Wildman–Crippen LogP) is -2.29. The van der Waals surface area contributed by atoms with E-state index >= 15 is 0 Å². The number of nitrogens with two attached hydrogens (primary N) is 4. The minimum atomic E-state index is -1.18. The number of carboxylic acids is 1. The Bertz CT molecular complexity index is 669. The largest absolute Gasteiger partial charge is 0.480 e. The van der Waals surface area contributed by atoms with Crippen molar-refractivity contribution in [2.75, 3.05) is 19.6 Å². The Kier molecular flexibility index (Phi) is 15.2. The first-order chi connectivity index (χ1) is 15.5. The number of hydrogen-bond donors (Lipinski definition) is 8. The van der Waals surface area contributed by atoms with E-state index in [0.717, 1.165) is 0 Å². The second-order valence-electron chi connectivity index (χ2n) is 7.88. The maximum absolute atomic E-state index is 12.7. The van der Waals surface area contributed by atoms with Crippen molar-refractivity contribution in [3.05, 3.63) is 0 Å². The molecule has 0 saturated heterocycles. The molecule has 0 bridgehead atoms. The second-order valence-corrected chi connectivity index (χ2v) is 7.88. The number of aliphatic carboxylic acids is 1. The molecule has 3 amide bonds. The molecule has 0 aromatic heterocycles. The van der Waals surface area contributed by atoms with Crippen molar-refractivity contribution in [1.82, 2.24) is 16.0 Å². The fourth-order valence-corrected chi connectivity index (χ4v) is 2.84. The first-order valence-electron chi connectivity index (χ1n) is 11.1. The van der Waals surface area contributed by atoms with E-state index < -0.39 is 41.8 Å². The van der Waals surface area contributed by atoms with Gasteiger partial charge in [-0.3, -0.25) is 19.4 Å². The molecule has 4 unspecified atom stereocenters. The number of nitrogens with one attached hydrogen (secondary N) is 3. The van der Waals surface area contributed by atoms with Crippen molar-refractivity contribution in [1.29, 1.82) is 0 Å². The molecule has 4 atom stereocenters. The smallest absolute Gasteiger partial charge is 0.326 e. The Hall–Kier alpha value is -2.93. The molecule has 0 aromatic rings. The summed E-state index contributed by atoms with van der Waals surface area (Å²) in [7, 11) is 0. The van der Waals surface area contributed by atoms with E-state index in [0.29, 0.717) is 32.2 Å². The lowest BCUT2D eigenvalue weighted by atomic mass is 9.99. The van der Waals surface area contributed by atoms with Crippen LogP contribution < -0.4 is 38.9 Å². The molecule has 0 aliphatic rings. The number of nitrogens with zero attached hydrogens (tertiary/aromatic N) is 1. The molecule has 0 spiro atoms. The van der Waals surface area contributed by atoms with Crippen LogP contribution in [0.25, 0.3) is 0 Å². The molecule has 0 aliphatic carbocycles. The number of unbranched alkanes of at least 4 members (excludes halogenated alkanes) is 1. The van der Waals surface area contributed by atoms with Gasteiger partial charge in [0, 0.05) is 6.54 Å². The third-order valence-electron chi connectivity index (χ3n) is 5.14. The van der Waals surface area contributed by atoms with Crippen molar-refractivity contribution in [3.63, 3.8) is 0 Å². The summed E-state index contributed by atoms with van der Waals surface area (Å²) in [5, 5.41) is 16.8. The van der Waals surface area contributed by atoms with Gasteiger partial charge in [-0.2, -0.15) is 0 Å². The zero-order valence-corrected chi connectivity index (χ0v) is 19.5. The highest BCUT2D eigenvalue weighted by molar-refractivity contribution is 5.92. The summed E-state index contributed by atoms with van der Waals surface area (Å²) in [4.78, 5) is 52.5. The Labute approximate surface area is 194 Å². The number of amides is 3. The van der Waals surface area contributed by atoms with Gasteiger partial charge in [0.15, 0.2) is 5.96 Å². The molecule has 190 valence electrons. The lowest BCUT2D eigenvalue weighted by Gasteiger charge is -2.22. The van der Waals surface area contributed by atoms with Crippen LogP contribution in [0.1, 0.15) is 52.4 Å². The van der Waals surface area contributed by atoms with Crippen LogP contribution in [0, 0.1) is 5.92 Å². The summed E-state index contributed by atoms with van der Waals surface area (Å²) >= 11 is 0. The number of carbonyl (C=O) groups excluding carboxylic acids is 3. The molecule has 33 heavy (non-hydrogen) atoms. The van der Waals surface area contributed by atoms with E-state index in [1.807, 2.05) is 13.8 Å². The minimum Gasteiger partial charge on any atom is -0.480 e. The Morgan fingerprint density at radius 1 is 0.970 bits per heavy atom. The van der Waals surface area contributed by atoms with Crippen molar-refractivity contribution >= 4 is 29.7 Å². The van der Waals surface area contributed by atoms with Crippen LogP contribution >= 0.6 is 0 Å². The van der Waals surface area contributed by atoms with Gasteiger partial charge >= 0.3 is 5.97 Å². The summed E-state index contributed by atoms with van der Waals surface area (Å²) in [6.45, 7) is 3.99. The Morgan fingerprint density at radius 2 is 1.61 bits per heavy atom. The van der Waals surface area contributed by atoms with Crippen molar-refractivity contribution in [3.8, 4) is 0 Å². The summed E-state index contributed by atoms with van der Waals surface area (Å²) in [6, 6.07) is -2.91. The molecular formula is C20H40N8O5. The van der Waals surface area contributed by atoms with Gasteiger partial charge in [0.05, 0.1) is 12.6 Å². The van der Waals surface area contributed by atoms with Crippen molar-refractivity contribution < 1.29 is 24.3 Å². The fraction of sp³-hybridized carbons (Fsp3) is 0.750. The van der Waals surface area contributed by atoms with Crippen LogP contribution in [-0.4, -0.2) is 72.5 Å². The first-order valence-corrected chi connectivity index (χ1v) is 11.1. The molecule has 0 heterocycles. The molecular weight excluding hydrogens is 432 g/mol. The minimum absolute atomic E-state index is 0.0608. The fourth-order valence-electron chi connectivity index (χ4n) is 2.84. The zero-order valence-electron chi connectivity index (χ0n) is 19.5. The van der Waals surface area contributed by atoms with E-state index in [1.165, 1.54) is 0 Å². The van der Waals surface area contributed by atoms with Gasteiger partial charge in [0.25, 0.3) is 0 Å². The monoisotopic (exact) mass is 472 g/mol. The van der Waals surface area contributed by atoms with E-state index in [-0.39, 0.29) is 37.8 Å². The summed E-state index contributed by atoms with van der Waals surface area (Å²) in [5.41, 5.74) is 21.8. The molecule has 0 aliphatic heterocycles. The third-order valence-corrected chi connectivity index (χ3v) is 5.14. The average molecular weight is 473 g/mol. The van der Waals surface area contributed by atoms with Gasteiger partial charge < -0.3 is 44.0 Å². The molecule has 0 rings (SSSR count). The van der Waals surface area contributed by atoms with Crippen LogP contribution in [-0.2, 0) is 19.2 Å². The average Bonchev–Trinajstić information content (AvgIpc) is 2.77. The zero-order chi connectivity index (χ0) is 25.4. The van der Waals surface area contributed by atoms with Crippen molar-refractivity contribution in [2.45, 2.75) is 70.5 Å². The Balaban J connectivity index is 5.06. The lowest BCUT2D eigenvalue weighted by molar-refractivity contribution is -0.142. The maximum atomic E-state index is 12.7. The highest BCUT2D eigenvalue weighted by Crippen LogP contribution is 2.06. The highest BCUT2D eigenvalue weighted by atomic mass is 16.4. The number of rotatable bonds is 17. The summed E-state index contributed by atoms with van der Waals surface area (Å²) in [5.74, 6) is -3.09. The quantitative estimate of drug-likeness (QED) is 0.0644. The number of aliphatic imine (C=N–C) groups is 1. The summed E-state index contributed by atoms with van der Waals surface area (Å²) in [6.07, 6.45) is 2.57. The summed E-state index contributed by atoms with van der Waals surface area (Å²) < 4.78 is 0. The third kappa shape index (κ3) is 13.3. The highest BCUT2D eigenvalue weighted by Gasteiger charge is 2.26. The molecule has 0 aromatic carbocycles. The SMILES string of the molecule is CCC(C)C(N)C(=O)NCC(=O)NC(CCCN=C(N)N)C(=O)NC(CCCCN)C(=O)O. The molecule has 13 heteroatoms. The maximum Gasteiger partial charge on any atom is 0.326 e. The standard InChI is InChI=1S/C20H40N8O5/c1-3-12(2)16(22)18(31)26-11-15(29)27-13(8-6-10-25-20(23)24)17(30)28-14(19(32)33)7-4-5-9-21/h12-14,16H,3-11,21-22H2,1-2H3,(H,26,31)(H,27,29)(H,28,30)(H,32,33)(H4,23,24,25). The molecule has 0 saturated carbocycles. The topological polar surface area (TPSA) is 241 Å². The Morgan fingerprint density at radius 3 is 2.15 bits per heavy atom. The van der Waals surface area contributed by atoms with Crippen molar-refractivity contribution in [2.24, 2.45) is 33.8 Å². The van der Waals surface area contributed by atoms with Crippen LogP contribution in [0.5, 0.6) is 0 Å². The van der Waals surface area contributed by atoms with Gasteiger partial charge in [0.2, 0.25) is 17.7 Å². The van der Waals surface area contributed by atoms with E-state index in [2.05, 4.69) is 20.9 Å².